The summed E-state index contributed by atoms with van der Waals surface area (Å²) >= 11 is 0. The average Bonchev–Trinajstić information content (AvgIpc) is 2.89. The number of ether oxygens (including phenoxy) is 2. The van der Waals surface area contributed by atoms with Gasteiger partial charge in [0.1, 0.15) is 0 Å². The molecule has 2 aliphatic rings. The molecule has 1 aromatic rings. The van der Waals surface area contributed by atoms with Crippen molar-refractivity contribution in [2.45, 2.75) is 6.42 Å². The third-order valence-corrected chi connectivity index (χ3v) is 2.88. The summed E-state index contributed by atoms with van der Waals surface area (Å²) < 4.78 is 10.5. The topological polar surface area (TPSA) is 73.6 Å². The van der Waals surface area contributed by atoms with Crippen LogP contribution in [0, 0.1) is 0 Å². The van der Waals surface area contributed by atoms with Crippen molar-refractivity contribution in [3.8, 4) is 11.5 Å². The van der Waals surface area contributed by atoms with Gasteiger partial charge in [0.05, 0.1) is 0 Å². The van der Waals surface area contributed by atoms with Gasteiger partial charge in [0.15, 0.2) is 11.5 Å². The van der Waals surface area contributed by atoms with Gasteiger partial charge in [0, 0.05) is 29.4 Å². The summed E-state index contributed by atoms with van der Waals surface area (Å²) in [6, 6.07) is 3.53. The number of rotatable bonds is 1. The molecule has 2 heterocycles. The number of anilines is 1. The fraction of sp³-hybridized carbons (Fsp3) is 0.250. The van der Waals surface area contributed by atoms with E-state index in [1.165, 1.54) is 0 Å². The SMILES string of the molecule is Nc1cc2c(cc1/C=C1\CCNC1=O)OCO2. The van der Waals surface area contributed by atoms with E-state index in [4.69, 9.17) is 15.2 Å². The number of hydrogen-bond acceptors (Lipinski definition) is 4. The molecule has 0 atom stereocenters. The second-order valence-electron chi connectivity index (χ2n) is 4.01. The fourth-order valence-corrected chi connectivity index (χ4v) is 1.96. The molecule has 17 heavy (non-hydrogen) atoms. The Morgan fingerprint density at radius 2 is 2.06 bits per heavy atom. The number of nitrogens with one attached hydrogen (secondary N) is 1. The first kappa shape index (κ1) is 10.0. The number of amides is 1. The van der Waals surface area contributed by atoms with Gasteiger partial charge in [-0.05, 0) is 18.6 Å². The van der Waals surface area contributed by atoms with E-state index in [2.05, 4.69) is 5.32 Å². The van der Waals surface area contributed by atoms with Crippen LogP contribution in [0.15, 0.2) is 17.7 Å². The molecule has 0 spiro atoms. The highest BCUT2D eigenvalue weighted by Crippen LogP contribution is 2.36. The van der Waals surface area contributed by atoms with Crippen molar-refractivity contribution in [1.29, 1.82) is 0 Å². The minimum absolute atomic E-state index is 0.0259. The van der Waals surface area contributed by atoms with E-state index >= 15 is 0 Å². The Bertz CT molecular complexity index is 523. The standard InChI is InChI=1S/C12H12N2O3/c13-9-5-11-10(16-6-17-11)4-8(9)3-7-1-2-14-12(7)15/h3-5H,1-2,6,13H2,(H,14,15)/b7-3+. The zero-order chi connectivity index (χ0) is 11.8. The molecule has 3 N–H and O–H groups in total. The van der Waals surface area contributed by atoms with Gasteiger partial charge in [-0.2, -0.15) is 0 Å². The van der Waals surface area contributed by atoms with Crippen molar-refractivity contribution >= 4 is 17.7 Å². The molecular formula is C12H12N2O3. The van der Waals surface area contributed by atoms with Crippen LogP contribution in [0.4, 0.5) is 5.69 Å². The van der Waals surface area contributed by atoms with Crippen molar-refractivity contribution in [3.05, 3.63) is 23.3 Å². The largest absolute Gasteiger partial charge is 0.454 e. The highest BCUT2D eigenvalue weighted by atomic mass is 16.7. The van der Waals surface area contributed by atoms with Crippen LogP contribution >= 0.6 is 0 Å². The van der Waals surface area contributed by atoms with Gasteiger partial charge in [-0.3, -0.25) is 4.79 Å². The number of fused-ring (bicyclic) bond motifs is 1. The molecule has 0 aromatic heterocycles. The number of carbonyl (C=O) groups excluding carboxylic acids is 1. The molecule has 1 amide bonds. The molecule has 2 aliphatic heterocycles. The van der Waals surface area contributed by atoms with Gasteiger partial charge < -0.3 is 20.5 Å². The fourth-order valence-electron chi connectivity index (χ4n) is 1.96. The Morgan fingerprint density at radius 3 is 2.76 bits per heavy atom. The minimum atomic E-state index is -0.0259. The smallest absolute Gasteiger partial charge is 0.247 e. The van der Waals surface area contributed by atoms with E-state index in [0.717, 1.165) is 17.6 Å². The van der Waals surface area contributed by atoms with Gasteiger partial charge in [-0.1, -0.05) is 0 Å². The van der Waals surface area contributed by atoms with Crippen LogP contribution in [-0.4, -0.2) is 19.2 Å². The first-order valence-electron chi connectivity index (χ1n) is 5.42. The van der Waals surface area contributed by atoms with Crippen LogP contribution in [0.1, 0.15) is 12.0 Å². The zero-order valence-electron chi connectivity index (χ0n) is 9.16. The molecule has 5 heteroatoms. The lowest BCUT2D eigenvalue weighted by Gasteiger charge is -2.04. The monoisotopic (exact) mass is 232 g/mol. The van der Waals surface area contributed by atoms with Crippen LogP contribution < -0.4 is 20.5 Å². The molecule has 0 saturated carbocycles. The average molecular weight is 232 g/mol. The Balaban J connectivity index is 2.01. The van der Waals surface area contributed by atoms with Crippen LogP contribution in [0.5, 0.6) is 11.5 Å². The van der Waals surface area contributed by atoms with E-state index < -0.39 is 0 Å². The number of hydrogen-bond donors (Lipinski definition) is 2. The Hall–Kier alpha value is -2.17. The minimum Gasteiger partial charge on any atom is -0.454 e. The van der Waals surface area contributed by atoms with Crippen molar-refractivity contribution < 1.29 is 14.3 Å². The van der Waals surface area contributed by atoms with E-state index in [1.807, 2.05) is 0 Å². The lowest BCUT2D eigenvalue weighted by Crippen LogP contribution is -2.14. The molecule has 0 aliphatic carbocycles. The summed E-state index contributed by atoms with van der Waals surface area (Å²) in [6.07, 6.45) is 2.53. The molecule has 1 fully saturated rings. The maximum absolute atomic E-state index is 11.4. The number of nitrogen functional groups attached to an aromatic ring is 1. The molecule has 3 rings (SSSR count). The zero-order valence-corrected chi connectivity index (χ0v) is 9.16. The van der Waals surface area contributed by atoms with E-state index in [0.29, 0.717) is 23.7 Å². The summed E-state index contributed by atoms with van der Waals surface area (Å²) in [5.41, 5.74) is 8.03. The first-order chi connectivity index (χ1) is 8.24. The van der Waals surface area contributed by atoms with E-state index in [1.54, 1.807) is 18.2 Å². The molecular weight excluding hydrogens is 220 g/mol. The van der Waals surface area contributed by atoms with Gasteiger partial charge >= 0.3 is 0 Å². The predicted octanol–water partition coefficient (Wildman–Crippen LogP) is 0.901. The summed E-state index contributed by atoms with van der Waals surface area (Å²) in [7, 11) is 0. The third kappa shape index (κ3) is 1.69. The summed E-state index contributed by atoms with van der Waals surface area (Å²) in [5, 5.41) is 2.76. The van der Waals surface area contributed by atoms with Crippen molar-refractivity contribution in [1.82, 2.24) is 5.32 Å². The quantitative estimate of drug-likeness (QED) is 0.557. The number of benzene rings is 1. The predicted molar refractivity (Wildman–Crippen MR) is 62.6 cm³/mol. The Kier molecular flexibility index (Phi) is 2.18. The maximum atomic E-state index is 11.4. The first-order valence-corrected chi connectivity index (χ1v) is 5.42. The Labute approximate surface area is 98.2 Å². The van der Waals surface area contributed by atoms with Crippen LogP contribution in [0.2, 0.25) is 0 Å². The Morgan fingerprint density at radius 1 is 1.29 bits per heavy atom. The van der Waals surface area contributed by atoms with Gasteiger partial charge in [0.25, 0.3) is 0 Å². The van der Waals surface area contributed by atoms with Crippen LogP contribution in [0.3, 0.4) is 0 Å². The molecule has 0 radical (unpaired) electrons. The molecule has 1 aromatic carbocycles. The van der Waals surface area contributed by atoms with Gasteiger partial charge in [-0.25, -0.2) is 0 Å². The second-order valence-corrected chi connectivity index (χ2v) is 4.01. The van der Waals surface area contributed by atoms with Crippen molar-refractivity contribution in [3.63, 3.8) is 0 Å². The molecule has 0 bridgehead atoms. The lowest BCUT2D eigenvalue weighted by molar-refractivity contribution is -0.116. The van der Waals surface area contributed by atoms with Crippen LogP contribution in [-0.2, 0) is 4.79 Å². The highest BCUT2D eigenvalue weighted by molar-refractivity contribution is 6.00. The molecule has 5 nitrogen and oxygen atoms in total. The summed E-state index contributed by atoms with van der Waals surface area (Å²) in [5.74, 6) is 1.30. The van der Waals surface area contributed by atoms with Gasteiger partial charge in [0.2, 0.25) is 12.7 Å². The third-order valence-electron chi connectivity index (χ3n) is 2.88. The summed E-state index contributed by atoms with van der Waals surface area (Å²) in [4.78, 5) is 11.4. The maximum Gasteiger partial charge on any atom is 0.247 e. The number of carbonyl (C=O) groups is 1. The normalized spacial score (nSPS) is 19.8. The number of nitrogens with two attached hydrogens (primary N) is 1. The molecule has 0 unspecified atom stereocenters. The lowest BCUT2D eigenvalue weighted by atomic mass is 10.1. The second kappa shape index (κ2) is 3.69. The summed E-state index contributed by atoms with van der Waals surface area (Å²) in [6.45, 7) is 0.907. The van der Waals surface area contributed by atoms with Crippen molar-refractivity contribution in [2.75, 3.05) is 19.1 Å². The van der Waals surface area contributed by atoms with E-state index in [9.17, 15) is 4.79 Å². The molecule has 1 saturated heterocycles. The van der Waals surface area contributed by atoms with E-state index in [-0.39, 0.29) is 12.7 Å². The van der Waals surface area contributed by atoms with Crippen molar-refractivity contribution in [2.24, 2.45) is 0 Å². The molecule has 88 valence electrons. The highest BCUT2D eigenvalue weighted by Gasteiger charge is 2.19. The van der Waals surface area contributed by atoms with Gasteiger partial charge in [-0.15, -0.1) is 0 Å². The van der Waals surface area contributed by atoms with Crippen LogP contribution in [0.25, 0.3) is 6.08 Å².